The Kier molecular flexibility index (Phi) is 3.34. The Bertz CT molecular complexity index is 321. The molecule has 3 heteroatoms. The van der Waals surface area contributed by atoms with E-state index < -0.39 is 0 Å². The van der Waals surface area contributed by atoms with Crippen molar-refractivity contribution in [1.29, 1.82) is 0 Å². The first-order valence-electron chi connectivity index (χ1n) is 5.51. The van der Waals surface area contributed by atoms with Crippen LogP contribution >= 0.6 is 0 Å². The van der Waals surface area contributed by atoms with Crippen LogP contribution in [0.25, 0.3) is 0 Å². The zero-order valence-corrected chi connectivity index (χ0v) is 8.82. The lowest BCUT2D eigenvalue weighted by Gasteiger charge is -2.26. The summed E-state index contributed by atoms with van der Waals surface area (Å²) in [5.74, 6) is -0.176. The fourth-order valence-corrected chi connectivity index (χ4v) is 2.26. The van der Waals surface area contributed by atoms with Crippen LogP contribution in [-0.2, 0) is 0 Å². The molecule has 2 nitrogen and oxygen atoms in total. The average Bonchev–Trinajstić information content (AvgIpc) is 2.72. The first-order valence-corrected chi connectivity index (χ1v) is 5.51. The van der Waals surface area contributed by atoms with Crippen molar-refractivity contribution in [2.24, 2.45) is 5.73 Å². The lowest BCUT2D eigenvalue weighted by atomic mass is 10.1. The van der Waals surface area contributed by atoms with Crippen LogP contribution in [0, 0.1) is 5.82 Å². The lowest BCUT2D eigenvalue weighted by molar-refractivity contribution is 0.251. The zero-order valence-electron chi connectivity index (χ0n) is 8.82. The van der Waals surface area contributed by atoms with Crippen LogP contribution in [0.15, 0.2) is 24.3 Å². The van der Waals surface area contributed by atoms with Gasteiger partial charge in [0.15, 0.2) is 0 Å². The van der Waals surface area contributed by atoms with Crippen LogP contribution in [-0.4, -0.2) is 24.5 Å². The Labute approximate surface area is 89.9 Å². The van der Waals surface area contributed by atoms with Crippen LogP contribution in [0.2, 0.25) is 0 Å². The van der Waals surface area contributed by atoms with Crippen LogP contribution in [0.5, 0.6) is 0 Å². The van der Waals surface area contributed by atoms with Gasteiger partial charge in [0.2, 0.25) is 0 Å². The van der Waals surface area contributed by atoms with Gasteiger partial charge in [-0.05, 0) is 43.6 Å². The van der Waals surface area contributed by atoms with E-state index in [1.165, 1.54) is 18.9 Å². The molecule has 1 saturated heterocycles. The molecule has 0 aromatic heterocycles. The van der Waals surface area contributed by atoms with Gasteiger partial charge in [-0.25, -0.2) is 4.39 Å². The van der Waals surface area contributed by atoms with E-state index in [-0.39, 0.29) is 11.9 Å². The van der Waals surface area contributed by atoms with Gasteiger partial charge in [-0.1, -0.05) is 12.1 Å². The molecule has 0 spiro atoms. The van der Waals surface area contributed by atoms with E-state index in [0.29, 0.717) is 6.54 Å². The van der Waals surface area contributed by atoms with Crippen molar-refractivity contribution in [2.45, 2.75) is 18.9 Å². The van der Waals surface area contributed by atoms with Gasteiger partial charge < -0.3 is 5.73 Å². The zero-order chi connectivity index (χ0) is 10.7. The molecule has 1 aromatic rings. The summed E-state index contributed by atoms with van der Waals surface area (Å²) < 4.78 is 13.1. The molecule has 0 aliphatic carbocycles. The van der Waals surface area contributed by atoms with Crippen molar-refractivity contribution in [1.82, 2.24) is 4.90 Å². The van der Waals surface area contributed by atoms with Crippen molar-refractivity contribution in [2.75, 3.05) is 19.6 Å². The summed E-state index contributed by atoms with van der Waals surface area (Å²) in [4.78, 5) is 2.34. The Hall–Kier alpha value is -0.930. The highest BCUT2D eigenvalue weighted by Gasteiger charge is 2.22. The molecule has 1 unspecified atom stereocenters. The number of rotatable bonds is 3. The van der Waals surface area contributed by atoms with Crippen LogP contribution in [0.1, 0.15) is 24.4 Å². The minimum Gasteiger partial charge on any atom is -0.329 e. The predicted octanol–water partition coefficient (Wildman–Crippen LogP) is 1.92. The molecule has 0 radical (unpaired) electrons. The number of nitrogens with two attached hydrogens (primary N) is 1. The highest BCUT2D eigenvalue weighted by atomic mass is 19.1. The van der Waals surface area contributed by atoms with Crippen LogP contribution in [0.3, 0.4) is 0 Å². The van der Waals surface area contributed by atoms with Gasteiger partial charge >= 0.3 is 0 Å². The summed E-state index contributed by atoms with van der Waals surface area (Å²) in [6.07, 6.45) is 2.46. The normalized spacial score (nSPS) is 19.3. The third kappa shape index (κ3) is 2.36. The van der Waals surface area contributed by atoms with Gasteiger partial charge in [0.25, 0.3) is 0 Å². The summed E-state index contributed by atoms with van der Waals surface area (Å²) in [6.45, 7) is 2.72. The SMILES string of the molecule is NCC(c1cccc(F)c1)N1CCCC1. The fourth-order valence-electron chi connectivity index (χ4n) is 2.26. The molecule has 1 aromatic carbocycles. The van der Waals surface area contributed by atoms with Crippen molar-refractivity contribution in [3.8, 4) is 0 Å². The molecule has 1 aliphatic heterocycles. The topological polar surface area (TPSA) is 29.3 Å². The molecule has 2 N–H and O–H groups in total. The smallest absolute Gasteiger partial charge is 0.123 e. The maximum atomic E-state index is 13.1. The van der Waals surface area contributed by atoms with Crippen molar-refractivity contribution in [3.05, 3.63) is 35.6 Å². The second kappa shape index (κ2) is 4.73. The molecule has 0 saturated carbocycles. The number of likely N-dealkylation sites (tertiary alicyclic amines) is 1. The molecule has 1 aliphatic rings. The Morgan fingerprint density at radius 2 is 2.07 bits per heavy atom. The lowest BCUT2D eigenvalue weighted by Crippen LogP contribution is -2.31. The third-order valence-corrected chi connectivity index (χ3v) is 3.04. The highest BCUT2D eigenvalue weighted by molar-refractivity contribution is 5.20. The minimum atomic E-state index is -0.176. The van der Waals surface area contributed by atoms with E-state index in [9.17, 15) is 4.39 Å². The number of benzene rings is 1. The third-order valence-electron chi connectivity index (χ3n) is 3.04. The number of hydrogen-bond acceptors (Lipinski definition) is 2. The van der Waals surface area contributed by atoms with Crippen LogP contribution < -0.4 is 5.73 Å². The van der Waals surface area contributed by atoms with E-state index in [0.717, 1.165) is 18.7 Å². The molecule has 1 fully saturated rings. The monoisotopic (exact) mass is 208 g/mol. The standard InChI is InChI=1S/C12H17FN2/c13-11-5-3-4-10(8-11)12(9-14)15-6-1-2-7-15/h3-5,8,12H,1-2,6-7,9,14H2. The Morgan fingerprint density at radius 1 is 1.33 bits per heavy atom. The van der Waals surface area contributed by atoms with Gasteiger partial charge in [-0.3, -0.25) is 4.90 Å². The molecule has 1 heterocycles. The maximum Gasteiger partial charge on any atom is 0.123 e. The van der Waals surface area contributed by atoms with Crippen molar-refractivity contribution < 1.29 is 4.39 Å². The summed E-state index contributed by atoms with van der Waals surface area (Å²) >= 11 is 0. The summed E-state index contributed by atoms with van der Waals surface area (Å²) in [5.41, 5.74) is 6.77. The van der Waals surface area contributed by atoms with E-state index in [1.807, 2.05) is 6.07 Å². The number of hydrogen-bond donors (Lipinski definition) is 1. The molecule has 82 valence electrons. The van der Waals surface area contributed by atoms with Crippen molar-refractivity contribution in [3.63, 3.8) is 0 Å². The largest absolute Gasteiger partial charge is 0.329 e. The summed E-state index contributed by atoms with van der Waals surface area (Å²) in [6, 6.07) is 6.96. The van der Waals surface area contributed by atoms with E-state index in [1.54, 1.807) is 12.1 Å². The van der Waals surface area contributed by atoms with Crippen molar-refractivity contribution >= 4 is 0 Å². The Morgan fingerprint density at radius 3 is 2.67 bits per heavy atom. The summed E-state index contributed by atoms with van der Waals surface area (Å²) in [7, 11) is 0. The molecule has 1 atom stereocenters. The molecular formula is C12H17FN2. The molecular weight excluding hydrogens is 191 g/mol. The fraction of sp³-hybridized carbons (Fsp3) is 0.500. The first kappa shape index (κ1) is 10.6. The highest BCUT2D eigenvalue weighted by Crippen LogP contribution is 2.24. The summed E-state index contributed by atoms with van der Waals surface area (Å²) in [5, 5.41) is 0. The van der Waals surface area contributed by atoms with E-state index in [4.69, 9.17) is 5.73 Å². The molecule has 0 amide bonds. The van der Waals surface area contributed by atoms with Crippen LogP contribution in [0.4, 0.5) is 4.39 Å². The number of nitrogens with zero attached hydrogens (tertiary/aromatic N) is 1. The van der Waals surface area contributed by atoms with E-state index >= 15 is 0 Å². The Balaban J connectivity index is 2.18. The second-order valence-electron chi connectivity index (χ2n) is 4.05. The number of halogens is 1. The van der Waals surface area contributed by atoms with Gasteiger partial charge in [-0.2, -0.15) is 0 Å². The maximum absolute atomic E-state index is 13.1. The quantitative estimate of drug-likeness (QED) is 0.822. The predicted molar refractivity (Wildman–Crippen MR) is 59.0 cm³/mol. The van der Waals surface area contributed by atoms with Gasteiger partial charge in [0.05, 0.1) is 0 Å². The molecule has 2 rings (SSSR count). The minimum absolute atomic E-state index is 0.176. The first-order chi connectivity index (χ1) is 7.31. The average molecular weight is 208 g/mol. The van der Waals surface area contributed by atoms with Gasteiger partial charge in [-0.15, -0.1) is 0 Å². The molecule has 15 heavy (non-hydrogen) atoms. The van der Waals surface area contributed by atoms with Gasteiger partial charge in [0, 0.05) is 12.6 Å². The molecule has 0 bridgehead atoms. The van der Waals surface area contributed by atoms with Gasteiger partial charge in [0.1, 0.15) is 5.82 Å². The van der Waals surface area contributed by atoms with E-state index in [2.05, 4.69) is 4.90 Å². The second-order valence-corrected chi connectivity index (χ2v) is 4.05.